The highest BCUT2D eigenvalue weighted by atomic mass is 16.5. The van der Waals surface area contributed by atoms with Crippen molar-refractivity contribution in [2.45, 2.75) is 6.92 Å². The fourth-order valence-corrected chi connectivity index (χ4v) is 2.70. The molecule has 3 aromatic rings. The van der Waals surface area contributed by atoms with Crippen molar-refractivity contribution in [1.82, 2.24) is 0 Å². The third kappa shape index (κ3) is 4.95. The number of carbonyl (C=O) groups excluding carboxylic acids is 2. The third-order valence-corrected chi connectivity index (χ3v) is 4.02. The van der Waals surface area contributed by atoms with Crippen molar-refractivity contribution in [2.75, 3.05) is 6.61 Å². The summed E-state index contributed by atoms with van der Waals surface area (Å²) in [4.78, 5) is 24.3. The molecule has 4 heteroatoms. The van der Waals surface area contributed by atoms with E-state index in [4.69, 9.17) is 9.47 Å². The monoisotopic (exact) mass is 372 g/mol. The maximum absolute atomic E-state index is 12.5. The zero-order valence-corrected chi connectivity index (χ0v) is 15.5. The third-order valence-electron chi connectivity index (χ3n) is 4.02. The summed E-state index contributed by atoms with van der Waals surface area (Å²) < 4.78 is 10.4. The zero-order chi connectivity index (χ0) is 19.8. The smallest absolute Gasteiger partial charge is 0.338 e. The molecule has 0 atom stereocenters. The van der Waals surface area contributed by atoms with E-state index < -0.39 is 5.97 Å². The molecule has 0 spiro atoms. The van der Waals surface area contributed by atoms with Gasteiger partial charge in [-0.3, -0.25) is 0 Å². The topological polar surface area (TPSA) is 52.6 Å². The Balaban J connectivity index is 1.91. The molecule has 0 radical (unpaired) electrons. The van der Waals surface area contributed by atoms with Crippen LogP contribution in [-0.2, 0) is 9.53 Å². The van der Waals surface area contributed by atoms with Crippen molar-refractivity contribution in [1.29, 1.82) is 0 Å². The van der Waals surface area contributed by atoms with Gasteiger partial charge in [0, 0.05) is 6.08 Å². The number of para-hydroxylation sites is 1. The van der Waals surface area contributed by atoms with E-state index in [1.165, 1.54) is 6.08 Å². The Labute approximate surface area is 164 Å². The quantitative estimate of drug-likeness (QED) is 0.351. The molecule has 0 amide bonds. The number of ether oxygens (including phenoxy) is 2. The highest BCUT2D eigenvalue weighted by molar-refractivity contribution is 5.97. The Kier molecular flexibility index (Phi) is 6.37. The van der Waals surface area contributed by atoms with E-state index in [1.807, 2.05) is 36.4 Å². The molecule has 0 aliphatic heterocycles. The minimum Gasteiger partial charge on any atom is -0.462 e. The van der Waals surface area contributed by atoms with Gasteiger partial charge in [0.1, 0.15) is 5.75 Å². The van der Waals surface area contributed by atoms with Crippen molar-refractivity contribution < 1.29 is 19.1 Å². The van der Waals surface area contributed by atoms with Crippen molar-refractivity contribution in [3.63, 3.8) is 0 Å². The molecule has 0 aromatic heterocycles. The van der Waals surface area contributed by atoms with Gasteiger partial charge in [-0.1, -0.05) is 60.7 Å². The summed E-state index contributed by atoms with van der Waals surface area (Å²) >= 11 is 0. The lowest BCUT2D eigenvalue weighted by Crippen LogP contribution is -2.06. The molecule has 0 heterocycles. The van der Waals surface area contributed by atoms with Gasteiger partial charge in [-0.25, -0.2) is 9.59 Å². The lowest BCUT2D eigenvalue weighted by Gasteiger charge is -2.10. The predicted molar refractivity (Wildman–Crippen MR) is 108 cm³/mol. The lowest BCUT2D eigenvalue weighted by molar-refractivity contribution is -0.128. The van der Waals surface area contributed by atoms with Gasteiger partial charge in [-0.15, -0.1) is 0 Å². The summed E-state index contributed by atoms with van der Waals surface area (Å²) in [6.07, 6.45) is 1.46. The molecule has 0 saturated heterocycles. The molecule has 0 aliphatic carbocycles. The second kappa shape index (κ2) is 9.33. The fourth-order valence-electron chi connectivity index (χ4n) is 2.70. The maximum atomic E-state index is 12.5. The van der Waals surface area contributed by atoms with Crippen LogP contribution in [0.4, 0.5) is 0 Å². The number of rotatable bonds is 6. The zero-order valence-electron chi connectivity index (χ0n) is 15.5. The molecular formula is C24H20O4. The average molecular weight is 372 g/mol. The van der Waals surface area contributed by atoms with Crippen LogP contribution < -0.4 is 4.74 Å². The van der Waals surface area contributed by atoms with Crippen LogP contribution >= 0.6 is 0 Å². The number of esters is 2. The fraction of sp³-hybridized carbons (Fsp3) is 0.0833. The number of hydrogen-bond acceptors (Lipinski definition) is 4. The molecule has 0 aliphatic rings. The summed E-state index contributed by atoms with van der Waals surface area (Å²) in [5.74, 6) is -0.365. The summed E-state index contributed by atoms with van der Waals surface area (Å²) in [7, 11) is 0. The van der Waals surface area contributed by atoms with Gasteiger partial charge in [-0.2, -0.15) is 0 Å². The molecule has 0 fully saturated rings. The first kappa shape index (κ1) is 19.1. The Hall–Kier alpha value is -3.66. The Morgan fingerprint density at radius 3 is 1.89 bits per heavy atom. The van der Waals surface area contributed by atoms with E-state index in [-0.39, 0.29) is 5.97 Å². The van der Waals surface area contributed by atoms with E-state index in [2.05, 4.69) is 0 Å². The van der Waals surface area contributed by atoms with Gasteiger partial charge in [0.05, 0.1) is 12.2 Å². The van der Waals surface area contributed by atoms with Crippen molar-refractivity contribution >= 4 is 17.5 Å². The molecule has 140 valence electrons. The second-order valence-electron chi connectivity index (χ2n) is 5.96. The molecule has 28 heavy (non-hydrogen) atoms. The van der Waals surface area contributed by atoms with Crippen LogP contribution in [-0.4, -0.2) is 18.5 Å². The molecule has 4 nitrogen and oxygen atoms in total. The Bertz CT molecular complexity index is 959. The van der Waals surface area contributed by atoms with Crippen LogP contribution in [0, 0.1) is 0 Å². The van der Waals surface area contributed by atoms with Gasteiger partial charge in [0.25, 0.3) is 0 Å². The van der Waals surface area contributed by atoms with Gasteiger partial charge in [0.15, 0.2) is 0 Å². The number of carbonyl (C=O) groups is 2. The van der Waals surface area contributed by atoms with Crippen LogP contribution in [0.2, 0.25) is 0 Å². The van der Waals surface area contributed by atoms with E-state index in [1.54, 1.807) is 55.5 Å². The van der Waals surface area contributed by atoms with Crippen LogP contribution in [0.25, 0.3) is 5.57 Å². The standard InChI is InChI=1S/C24H20O4/c1-2-27-24(26)20-15-13-19(14-16-20)22(18-9-5-3-6-10-18)17-23(25)28-21-11-7-4-8-12-21/h3-17H,2H2,1H3/b22-17+. The van der Waals surface area contributed by atoms with Crippen LogP contribution in [0.5, 0.6) is 5.75 Å². The minimum atomic E-state index is -0.473. The molecular weight excluding hydrogens is 352 g/mol. The predicted octanol–water partition coefficient (Wildman–Crippen LogP) is 4.90. The Morgan fingerprint density at radius 2 is 1.29 bits per heavy atom. The summed E-state index contributed by atoms with van der Waals surface area (Å²) in [5, 5.41) is 0. The summed E-state index contributed by atoms with van der Waals surface area (Å²) in [5.41, 5.74) is 2.84. The normalized spacial score (nSPS) is 11.0. The Morgan fingerprint density at radius 1 is 0.750 bits per heavy atom. The molecule has 0 unspecified atom stereocenters. The van der Waals surface area contributed by atoms with E-state index in [0.29, 0.717) is 23.5 Å². The first-order chi connectivity index (χ1) is 13.7. The van der Waals surface area contributed by atoms with Gasteiger partial charge in [0.2, 0.25) is 0 Å². The van der Waals surface area contributed by atoms with Crippen LogP contribution in [0.3, 0.4) is 0 Å². The van der Waals surface area contributed by atoms with Gasteiger partial charge >= 0.3 is 11.9 Å². The van der Waals surface area contributed by atoms with E-state index in [0.717, 1.165) is 11.1 Å². The van der Waals surface area contributed by atoms with Crippen molar-refractivity contribution in [2.24, 2.45) is 0 Å². The summed E-state index contributed by atoms with van der Waals surface area (Å²) in [6, 6.07) is 25.4. The van der Waals surface area contributed by atoms with Crippen LogP contribution in [0.15, 0.2) is 91.0 Å². The average Bonchev–Trinajstić information content (AvgIpc) is 2.74. The van der Waals surface area contributed by atoms with E-state index in [9.17, 15) is 9.59 Å². The summed E-state index contributed by atoms with van der Waals surface area (Å²) in [6.45, 7) is 2.09. The molecule has 0 saturated carbocycles. The second-order valence-corrected chi connectivity index (χ2v) is 5.96. The highest BCUT2D eigenvalue weighted by Gasteiger charge is 2.11. The first-order valence-corrected chi connectivity index (χ1v) is 8.99. The molecule has 3 aromatic carbocycles. The highest BCUT2D eigenvalue weighted by Crippen LogP contribution is 2.24. The first-order valence-electron chi connectivity index (χ1n) is 8.99. The largest absolute Gasteiger partial charge is 0.462 e. The minimum absolute atomic E-state index is 0.321. The van der Waals surface area contributed by atoms with Crippen molar-refractivity contribution in [3.05, 3.63) is 108 Å². The maximum Gasteiger partial charge on any atom is 0.338 e. The van der Waals surface area contributed by atoms with Gasteiger partial charge < -0.3 is 9.47 Å². The molecule has 3 rings (SSSR count). The van der Waals surface area contributed by atoms with Crippen LogP contribution in [0.1, 0.15) is 28.4 Å². The van der Waals surface area contributed by atoms with E-state index >= 15 is 0 Å². The van der Waals surface area contributed by atoms with Gasteiger partial charge in [-0.05, 0) is 47.9 Å². The number of hydrogen-bond donors (Lipinski definition) is 0. The van der Waals surface area contributed by atoms with Crippen molar-refractivity contribution in [3.8, 4) is 5.75 Å². The SMILES string of the molecule is CCOC(=O)c1ccc(/C(=C/C(=O)Oc2ccccc2)c2ccccc2)cc1. The lowest BCUT2D eigenvalue weighted by atomic mass is 9.96. The number of benzene rings is 3. The molecule has 0 N–H and O–H groups in total. The molecule has 0 bridgehead atoms.